The Labute approximate surface area is 116 Å². The van der Waals surface area contributed by atoms with Gasteiger partial charge in [0.15, 0.2) is 0 Å². The lowest BCUT2D eigenvalue weighted by atomic mass is 9.96. The van der Waals surface area contributed by atoms with Crippen LogP contribution in [0.5, 0.6) is 0 Å². The molecule has 0 saturated heterocycles. The highest BCUT2D eigenvalue weighted by atomic mass is 35.5. The summed E-state index contributed by atoms with van der Waals surface area (Å²) in [7, 11) is 0. The molecule has 1 aliphatic rings. The van der Waals surface area contributed by atoms with E-state index in [0.717, 1.165) is 17.4 Å². The van der Waals surface area contributed by atoms with Gasteiger partial charge in [-0.05, 0) is 49.8 Å². The molecule has 1 fully saturated rings. The molecule has 1 aliphatic carbocycles. The Hall–Kier alpha value is -0.530. The van der Waals surface area contributed by atoms with Crippen LogP contribution < -0.4 is 5.32 Å². The average molecular weight is 266 g/mol. The molecule has 0 bridgehead atoms. The minimum Gasteiger partial charge on any atom is -0.307 e. The van der Waals surface area contributed by atoms with Gasteiger partial charge < -0.3 is 5.32 Å². The molecule has 2 atom stereocenters. The summed E-state index contributed by atoms with van der Waals surface area (Å²) in [5.41, 5.74) is 1.31. The van der Waals surface area contributed by atoms with Crippen LogP contribution in [-0.2, 0) is 0 Å². The third kappa shape index (κ3) is 3.49. The van der Waals surface area contributed by atoms with Gasteiger partial charge in [-0.15, -0.1) is 0 Å². The smallest absolute Gasteiger partial charge is 0.0409 e. The first kappa shape index (κ1) is 13.9. The van der Waals surface area contributed by atoms with Crippen LogP contribution in [0.1, 0.15) is 57.6 Å². The number of benzene rings is 1. The summed E-state index contributed by atoms with van der Waals surface area (Å²) >= 11 is 6.08. The molecule has 1 aromatic rings. The highest BCUT2D eigenvalue weighted by Gasteiger charge is 2.23. The van der Waals surface area contributed by atoms with Crippen LogP contribution >= 0.6 is 11.6 Å². The van der Waals surface area contributed by atoms with E-state index in [2.05, 4.69) is 31.3 Å². The van der Waals surface area contributed by atoms with Crippen molar-refractivity contribution in [2.75, 3.05) is 0 Å². The maximum absolute atomic E-state index is 6.08. The molecule has 1 aromatic carbocycles. The zero-order valence-electron chi connectivity index (χ0n) is 11.5. The number of hydrogen-bond acceptors (Lipinski definition) is 1. The number of halogens is 1. The molecule has 0 radical (unpaired) electrons. The lowest BCUT2D eigenvalue weighted by molar-refractivity contribution is 0.339. The minimum absolute atomic E-state index is 0.430. The van der Waals surface area contributed by atoms with Gasteiger partial charge in [-0.25, -0.2) is 0 Å². The van der Waals surface area contributed by atoms with Gasteiger partial charge in [0.05, 0.1) is 0 Å². The third-order valence-corrected chi connectivity index (χ3v) is 4.47. The summed E-state index contributed by atoms with van der Waals surface area (Å²) in [4.78, 5) is 0. The fourth-order valence-electron chi connectivity index (χ4n) is 3.08. The Kier molecular flexibility index (Phi) is 5.08. The third-order valence-electron chi connectivity index (χ3n) is 4.23. The van der Waals surface area contributed by atoms with Gasteiger partial charge in [0.2, 0.25) is 0 Å². The minimum atomic E-state index is 0.430. The molecular formula is C16H24ClN. The van der Waals surface area contributed by atoms with E-state index in [0.29, 0.717) is 12.1 Å². The molecule has 2 heteroatoms. The Balaban J connectivity index is 2.00. The molecule has 1 N–H and O–H groups in total. The maximum Gasteiger partial charge on any atom is 0.0409 e. The van der Waals surface area contributed by atoms with Crippen LogP contribution in [0.2, 0.25) is 5.02 Å². The van der Waals surface area contributed by atoms with E-state index in [-0.39, 0.29) is 0 Å². The van der Waals surface area contributed by atoms with Crippen LogP contribution in [0.25, 0.3) is 0 Å². The first-order valence-electron chi connectivity index (χ1n) is 7.22. The SMILES string of the molecule is CCC(NC(C)C1CCCC1)c1cccc(Cl)c1. The average Bonchev–Trinajstić information content (AvgIpc) is 2.89. The van der Waals surface area contributed by atoms with Crippen molar-refractivity contribution in [3.63, 3.8) is 0 Å². The van der Waals surface area contributed by atoms with Crippen LogP contribution in [0, 0.1) is 5.92 Å². The second-order valence-corrected chi connectivity index (χ2v) is 5.95. The molecule has 100 valence electrons. The van der Waals surface area contributed by atoms with Gasteiger partial charge in [-0.3, -0.25) is 0 Å². The van der Waals surface area contributed by atoms with E-state index in [1.807, 2.05) is 12.1 Å². The normalized spacial score (nSPS) is 19.9. The molecular weight excluding hydrogens is 242 g/mol. The van der Waals surface area contributed by atoms with E-state index in [1.54, 1.807) is 0 Å². The van der Waals surface area contributed by atoms with Gasteiger partial charge >= 0.3 is 0 Å². The zero-order valence-corrected chi connectivity index (χ0v) is 12.2. The van der Waals surface area contributed by atoms with Crippen LogP contribution in [-0.4, -0.2) is 6.04 Å². The van der Waals surface area contributed by atoms with Crippen molar-refractivity contribution in [3.05, 3.63) is 34.9 Å². The molecule has 2 unspecified atom stereocenters. The van der Waals surface area contributed by atoms with E-state index in [1.165, 1.54) is 31.2 Å². The predicted octanol–water partition coefficient (Wildman–Crippen LogP) is 4.96. The lowest BCUT2D eigenvalue weighted by Gasteiger charge is -2.27. The van der Waals surface area contributed by atoms with Crippen LogP contribution in [0.3, 0.4) is 0 Å². The first-order chi connectivity index (χ1) is 8.70. The van der Waals surface area contributed by atoms with Crippen molar-refractivity contribution < 1.29 is 0 Å². The molecule has 0 aliphatic heterocycles. The van der Waals surface area contributed by atoms with E-state index in [9.17, 15) is 0 Å². The van der Waals surface area contributed by atoms with Gasteiger partial charge in [-0.1, -0.05) is 43.5 Å². The van der Waals surface area contributed by atoms with Gasteiger partial charge in [0, 0.05) is 17.1 Å². The molecule has 18 heavy (non-hydrogen) atoms. The van der Waals surface area contributed by atoms with Crippen molar-refractivity contribution >= 4 is 11.6 Å². The van der Waals surface area contributed by atoms with Crippen molar-refractivity contribution in [2.45, 2.75) is 58.0 Å². The summed E-state index contributed by atoms with van der Waals surface area (Å²) in [6.45, 7) is 4.57. The number of nitrogens with one attached hydrogen (secondary N) is 1. The Bertz CT molecular complexity index is 371. The fraction of sp³-hybridized carbons (Fsp3) is 0.625. The summed E-state index contributed by atoms with van der Waals surface area (Å²) < 4.78 is 0. The fourth-order valence-corrected chi connectivity index (χ4v) is 3.28. The summed E-state index contributed by atoms with van der Waals surface area (Å²) in [6.07, 6.45) is 6.70. The second kappa shape index (κ2) is 6.58. The van der Waals surface area contributed by atoms with Crippen molar-refractivity contribution in [1.82, 2.24) is 5.32 Å². The monoisotopic (exact) mass is 265 g/mol. The van der Waals surface area contributed by atoms with Crippen LogP contribution in [0.15, 0.2) is 24.3 Å². The maximum atomic E-state index is 6.08. The highest BCUT2D eigenvalue weighted by molar-refractivity contribution is 6.30. The molecule has 1 saturated carbocycles. The molecule has 0 aromatic heterocycles. The van der Waals surface area contributed by atoms with E-state index >= 15 is 0 Å². The van der Waals surface area contributed by atoms with Crippen molar-refractivity contribution in [2.24, 2.45) is 5.92 Å². The second-order valence-electron chi connectivity index (χ2n) is 5.52. The Morgan fingerprint density at radius 3 is 2.67 bits per heavy atom. The summed E-state index contributed by atoms with van der Waals surface area (Å²) in [6, 6.07) is 9.29. The Morgan fingerprint density at radius 1 is 1.33 bits per heavy atom. The quantitative estimate of drug-likeness (QED) is 0.793. The summed E-state index contributed by atoms with van der Waals surface area (Å²) in [5.74, 6) is 0.859. The Morgan fingerprint density at radius 2 is 2.06 bits per heavy atom. The van der Waals surface area contributed by atoms with Gasteiger partial charge in [0.25, 0.3) is 0 Å². The van der Waals surface area contributed by atoms with Crippen molar-refractivity contribution in [3.8, 4) is 0 Å². The van der Waals surface area contributed by atoms with E-state index < -0.39 is 0 Å². The molecule has 0 heterocycles. The van der Waals surface area contributed by atoms with Gasteiger partial charge in [0.1, 0.15) is 0 Å². The number of hydrogen-bond donors (Lipinski definition) is 1. The standard InChI is InChI=1S/C16H24ClN/c1-3-16(14-9-6-10-15(17)11-14)18-12(2)13-7-4-5-8-13/h6,9-13,16,18H,3-5,7-8H2,1-2H3. The predicted molar refractivity (Wildman–Crippen MR) is 79.0 cm³/mol. The highest BCUT2D eigenvalue weighted by Crippen LogP contribution is 2.29. The largest absolute Gasteiger partial charge is 0.307 e. The lowest BCUT2D eigenvalue weighted by Crippen LogP contribution is -2.35. The molecule has 0 amide bonds. The number of rotatable bonds is 5. The van der Waals surface area contributed by atoms with Gasteiger partial charge in [-0.2, -0.15) is 0 Å². The first-order valence-corrected chi connectivity index (χ1v) is 7.60. The molecule has 2 rings (SSSR count). The molecule has 1 nitrogen and oxygen atoms in total. The zero-order chi connectivity index (χ0) is 13.0. The van der Waals surface area contributed by atoms with Crippen LogP contribution in [0.4, 0.5) is 0 Å². The van der Waals surface area contributed by atoms with Crippen molar-refractivity contribution in [1.29, 1.82) is 0 Å². The topological polar surface area (TPSA) is 12.0 Å². The summed E-state index contributed by atoms with van der Waals surface area (Å²) in [5, 5.41) is 4.63. The van der Waals surface area contributed by atoms with E-state index in [4.69, 9.17) is 11.6 Å². The molecule has 0 spiro atoms.